The van der Waals surface area contributed by atoms with E-state index in [0.29, 0.717) is 11.6 Å². The molecule has 0 aliphatic carbocycles. The first-order chi connectivity index (χ1) is 7.72. The smallest absolute Gasteiger partial charge is 0.254 e. The summed E-state index contributed by atoms with van der Waals surface area (Å²) < 4.78 is 0. The highest BCUT2D eigenvalue weighted by molar-refractivity contribution is 5.95. The Morgan fingerprint density at radius 1 is 1.62 bits per heavy atom. The lowest BCUT2D eigenvalue weighted by Crippen LogP contribution is -2.33. The maximum Gasteiger partial charge on any atom is 0.254 e. The van der Waals surface area contributed by atoms with E-state index in [1.54, 1.807) is 25.4 Å². The number of aromatic nitrogens is 1. The number of pyridine rings is 1. The first kappa shape index (κ1) is 10.9. The van der Waals surface area contributed by atoms with Crippen LogP contribution in [-0.4, -0.2) is 35.4 Å². The predicted molar refractivity (Wildman–Crippen MR) is 63.5 cm³/mol. The van der Waals surface area contributed by atoms with Crippen molar-refractivity contribution in [3.8, 4) is 0 Å². The largest absolute Gasteiger partial charge is 0.373 e. The molecule has 1 aromatic heterocycles. The highest BCUT2D eigenvalue weighted by Gasteiger charge is 2.25. The van der Waals surface area contributed by atoms with E-state index < -0.39 is 0 Å². The van der Waals surface area contributed by atoms with E-state index >= 15 is 0 Å². The fourth-order valence-electron chi connectivity index (χ4n) is 2.10. The molecule has 1 atom stereocenters. The molecule has 4 nitrogen and oxygen atoms in total. The molecule has 1 aliphatic rings. The topological polar surface area (TPSA) is 45.2 Å². The molecule has 1 aromatic rings. The third kappa shape index (κ3) is 2.01. The Morgan fingerprint density at radius 3 is 3.06 bits per heavy atom. The summed E-state index contributed by atoms with van der Waals surface area (Å²) in [6.45, 7) is 2.97. The van der Waals surface area contributed by atoms with E-state index in [1.807, 2.05) is 4.90 Å². The van der Waals surface area contributed by atoms with E-state index in [-0.39, 0.29) is 5.91 Å². The Kier molecular flexibility index (Phi) is 3.08. The van der Waals surface area contributed by atoms with Gasteiger partial charge in [0.25, 0.3) is 5.91 Å². The summed E-state index contributed by atoms with van der Waals surface area (Å²) in [5, 5.41) is 2.94. The lowest BCUT2D eigenvalue weighted by Gasteiger charge is -2.21. The summed E-state index contributed by atoms with van der Waals surface area (Å²) in [6.07, 6.45) is 3.88. The summed E-state index contributed by atoms with van der Waals surface area (Å²) in [4.78, 5) is 18.2. The molecule has 1 amide bonds. The summed E-state index contributed by atoms with van der Waals surface area (Å²) in [5.74, 6) is 0.849. The standard InChI is InChI=1S/C12H17N3O/c1-9-4-3-7-15(9)12(16)10-5-6-14-11(8-10)13-2/h5-6,8-9H,3-4,7H2,1-2H3,(H,13,14). The zero-order valence-electron chi connectivity index (χ0n) is 9.73. The highest BCUT2D eigenvalue weighted by atomic mass is 16.2. The van der Waals surface area contributed by atoms with Gasteiger partial charge in [-0.25, -0.2) is 4.98 Å². The van der Waals surface area contributed by atoms with Crippen molar-refractivity contribution in [1.29, 1.82) is 0 Å². The van der Waals surface area contributed by atoms with Crippen molar-refractivity contribution in [1.82, 2.24) is 9.88 Å². The van der Waals surface area contributed by atoms with Crippen molar-refractivity contribution in [2.24, 2.45) is 0 Å². The average Bonchev–Trinajstić information content (AvgIpc) is 2.74. The fourth-order valence-corrected chi connectivity index (χ4v) is 2.10. The van der Waals surface area contributed by atoms with Crippen molar-refractivity contribution < 1.29 is 4.79 Å². The molecule has 1 unspecified atom stereocenters. The molecule has 1 aliphatic heterocycles. The Morgan fingerprint density at radius 2 is 2.44 bits per heavy atom. The molecule has 4 heteroatoms. The number of carbonyl (C=O) groups is 1. The quantitative estimate of drug-likeness (QED) is 0.824. The Hall–Kier alpha value is -1.58. The first-order valence-corrected chi connectivity index (χ1v) is 5.67. The number of nitrogens with one attached hydrogen (secondary N) is 1. The Labute approximate surface area is 95.7 Å². The molecule has 0 saturated carbocycles. The average molecular weight is 219 g/mol. The van der Waals surface area contributed by atoms with E-state index in [2.05, 4.69) is 17.2 Å². The third-order valence-corrected chi connectivity index (χ3v) is 3.08. The van der Waals surface area contributed by atoms with Crippen LogP contribution < -0.4 is 5.32 Å². The SMILES string of the molecule is CNc1cc(C(=O)N2CCCC2C)ccn1. The second-order valence-corrected chi connectivity index (χ2v) is 4.17. The number of anilines is 1. The number of amides is 1. The summed E-state index contributed by atoms with van der Waals surface area (Å²) in [7, 11) is 1.80. The van der Waals surface area contributed by atoms with Crippen LogP contribution in [-0.2, 0) is 0 Å². The summed E-state index contributed by atoms with van der Waals surface area (Å²) in [5.41, 5.74) is 0.716. The van der Waals surface area contributed by atoms with E-state index in [0.717, 1.165) is 25.2 Å². The van der Waals surface area contributed by atoms with Crippen LogP contribution in [0, 0.1) is 0 Å². The van der Waals surface area contributed by atoms with E-state index in [1.165, 1.54) is 0 Å². The lowest BCUT2D eigenvalue weighted by molar-refractivity contribution is 0.0747. The minimum atomic E-state index is 0.115. The Balaban J connectivity index is 2.19. The zero-order chi connectivity index (χ0) is 11.5. The van der Waals surface area contributed by atoms with Gasteiger partial charge >= 0.3 is 0 Å². The maximum absolute atomic E-state index is 12.2. The molecule has 16 heavy (non-hydrogen) atoms. The van der Waals surface area contributed by atoms with Crippen molar-refractivity contribution >= 4 is 11.7 Å². The number of nitrogens with zero attached hydrogens (tertiary/aromatic N) is 2. The van der Waals surface area contributed by atoms with Crippen LogP contribution in [0.15, 0.2) is 18.3 Å². The maximum atomic E-state index is 12.2. The van der Waals surface area contributed by atoms with E-state index in [9.17, 15) is 4.79 Å². The van der Waals surface area contributed by atoms with Gasteiger partial charge in [0, 0.05) is 31.4 Å². The van der Waals surface area contributed by atoms with Crippen LogP contribution in [0.5, 0.6) is 0 Å². The van der Waals surface area contributed by atoms with Gasteiger partial charge in [-0.1, -0.05) is 0 Å². The molecule has 2 heterocycles. The van der Waals surface area contributed by atoms with Gasteiger partial charge in [-0.3, -0.25) is 4.79 Å². The Bertz CT molecular complexity index is 392. The molecular weight excluding hydrogens is 202 g/mol. The summed E-state index contributed by atoms with van der Waals surface area (Å²) >= 11 is 0. The molecule has 1 N–H and O–H groups in total. The monoisotopic (exact) mass is 219 g/mol. The van der Waals surface area contributed by atoms with Crippen molar-refractivity contribution in [2.45, 2.75) is 25.8 Å². The molecule has 1 saturated heterocycles. The van der Waals surface area contributed by atoms with Crippen LogP contribution in [0.2, 0.25) is 0 Å². The number of carbonyl (C=O) groups excluding carboxylic acids is 1. The van der Waals surface area contributed by atoms with Gasteiger partial charge < -0.3 is 10.2 Å². The minimum absolute atomic E-state index is 0.115. The van der Waals surface area contributed by atoms with Crippen molar-refractivity contribution in [3.05, 3.63) is 23.9 Å². The third-order valence-electron chi connectivity index (χ3n) is 3.08. The van der Waals surface area contributed by atoms with Crippen LogP contribution in [0.25, 0.3) is 0 Å². The number of rotatable bonds is 2. The van der Waals surface area contributed by atoms with Crippen LogP contribution in [0.4, 0.5) is 5.82 Å². The molecule has 2 rings (SSSR count). The molecular formula is C12H17N3O. The van der Waals surface area contributed by atoms with Gasteiger partial charge in [-0.15, -0.1) is 0 Å². The van der Waals surface area contributed by atoms with Crippen LogP contribution in [0.1, 0.15) is 30.1 Å². The fraction of sp³-hybridized carbons (Fsp3) is 0.500. The minimum Gasteiger partial charge on any atom is -0.373 e. The van der Waals surface area contributed by atoms with Crippen molar-refractivity contribution in [2.75, 3.05) is 18.9 Å². The molecule has 0 aromatic carbocycles. The molecule has 0 spiro atoms. The number of likely N-dealkylation sites (tertiary alicyclic amines) is 1. The summed E-state index contributed by atoms with van der Waals surface area (Å²) in [6, 6.07) is 3.93. The highest BCUT2D eigenvalue weighted by Crippen LogP contribution is 2.20. The van der Waals surface area contributed by atoms with Gasteiger partial charge in [-0.05, 0) is 31.9 Å². The normalized spacial score (nSPS) is 19.9. The predicted octanol–water partition coefficient (Wildman–Crippen LogP) is 1.75. The molecule has 0 bridgehead atoms. The molecule has 0 radical (unpaired) electrons. The van der Waals surface area contributed by atoms with Crippen LogP contribution in [0.3, 0.4) is 0 Å². The van der Waals surface area contributed by atoms with Gasteiger partial charge in [0.1, 0.15) is 5.82 Å². The molecule has 86 valence electrons. The van der Waals surface area contributed by atoms with Gasteiger partial charge in [-0.2, -0.15) is 0 Å². The lowest BCUT2D eigenvalue weighted by atomic mass is 10.2. The second-order valence-electron chi connectivity index (χ2n) is 4.17. The van der Waals surface area contributed by atoms with E-state index in [4.69, 9.17) is 0 Å². The van der Waals surface area contributed by atoms with Gasteiger partial charge in [0.05, 0.1) is 0 Å². The first-order valence-electron chi connectivity index (χ1n) is 5.67. The van der Waals surface area contributed by atoms with Gasteiger partial charge in [0.2, 0.25) is 0 Å². The molecule has 1 fully saturated rings. The van der Waals surface area contributed by atoms with Crippen molar-refractivity contribution in [3.63, 3.8) is 0 Å². The van der Waals surface area contributed by atoms with Gasteiger partial charge in [0.15, 0.2) is 0 Å². The second kappa shape index (κ2) is 4.51. The van der Waals surface area contributed by atoms with Crippen LogP contribution >= 0.6 is 0 Å². The number of hydrogen-bond donors (Lipinski definition) is 1. The number of hydrogen-bond acceptors (Lipinski definition) is 3. The zero-order valence-corrected chi connectivity index (χ0v) is 9.73.